The Hall–Kier alpha value is -6.70. The second-order valence-corrected chi connectivity index (χ2v) is 11.4. The summed E-state index contributed by atoms with van der Waals surface area (Å²) in [7, 11) is 3.06. The second-order valence-electron chi connectivity index (χ2n) is 11.4. The van der Waals surface area contributed by atoms with Gasteiger partial charge in [-0.15, -0.1) is 0 Å². The summed E-state index contributed by atoms with van der Waals surface area (Å²) in [6.07, 6.45) is 2.03. The number of para-hydroxylation sites is 2. The molecule has 0 spiro atoms. The average Bonchev–Trinajstić information content (AvgIpc) is 3.14. The third-order valence-electron chi connectivity index (χ3n) is 6.38. The fraction of sp³-hybridized carbons (Fsp3) is 0.286. The molecule has 0 aliphatic heterocycles. The van der Waals surface area contributed by atoms with Crippen LogP contribution >= 0.6 is 0 Å². The van der Waals surface area contributed by atoms with Crippen molar-refractivity contribution in [1.29, 1.82) is 0 Å². The van der Waals surface area contributed by atoms with Crippen LogP contribution in [0.15, 0.2) is 109 Å². The third kappa shape index (κ3) is 20.2. The summed E-state index contributed by atoms with van der Waals surface area (Å²) < 4.78 is 20.2. The fourth-order valence-corrected chi connectivity index (χ4v) is 3.46. The first-order valence-corrected chi connectivity index (χ1v) is 16.2. The van der Waals surface area contributed by atoms with Crippen LogP contribution in [0.5, 0.6) is 11.5 Å². The number of hydrogen-bond donors (Lipinski definition) is 3. The number of esters is 2. The largest absolute Gasteiger partial charge is 0.496 e. The molecule has 0 fully saturated rings. The predicted octanol–water partition coefficient (Wildman–Crippen LogP) is 6.86. The highest BCUT2D eigenvalue weighted by Crippen LogP contribution is 2.22. The normalized spacial score (nSPS) is 11.2. The number of rotatable bonds is 15. The van der Waals surface area contributed by atoms with Crippen molar-refractivity contribution in [3.8, 4) is 11.5 Å². The first kappa shape index (κ1) is 50.4. The molecule has 0 saturated heterocycles. The molecule has 55 heavy (non-hydrogen) atoms. The maximum Gasteiger partial charge on any atom is 0.340 e. The molecule has 0 aliphatic carbocycles. The number of allylic oxidation sites excluding steroid dienone is 1. The van der Waals surface area contributed by atoms with E-state index in [-0.39, 0.29) is 49.2 Å². The third-order valence-corrected chi connectivity index (χ3v) is 6.38. The number of carbonyl (C=O) groups excluding carboxylic acids is 4. The fourth-order valence-electron chi connectivity index (χ4n) is 3.46. The van der Waals surface area contributed by atoms with E-state index in [0.717, 1.165) is 5.57 Å². The van der Waals surface area contributed by atoms with E-state index in [4.69, 9.17) is 32.5 Å². The van der Waals surface area contributed by atoms with Gasteiger partial charge in [-0.1, -0.05) is 70.1 Å². The number of benzene rings is 2. The molecule has 3 N–H and O–H groups in total. The van der Waals surface area contributed by atoms with Crippen molar-refractivity contribution in [2.45, 2.75) is 54.3 Å². The molecule has 0 heterocycles. The first-order valence-electron chi connectivity index (χ1n) is 16.2. The molecule has 2 aromatic rings. The summed E-state index contributed by atoms with van der Waals surface area (Å²) in [4.78, 5) is 51.8. The molecule has 2 atom stereocenters. The van der Waals surface area contributed by atoms with Crippen molar-refractivity contribution in [2.75, 3.05) is 27.3 Å². The number of nitrogens with zero attached hydrogens (tertiary/aromatic N) is 2. The summed E-state index contributed by atoms with van der Waals surface area (Å²) >= 11 is 0. The molecule has 0 aromatic heterocycles. The van der Waals surface area contributed by atoms with Crippen LogP contribution in [0.1, 0.15) is 53.2 Å². The molecule has 294 valence electrons. The van der Waals surface area contributed by atoms with Crippen LogP contribution in [0.4, 0.5) is 0 Å². The minimum absolute atomic E-state index is 0. The molecule has 2 amide bonds. The van der Waals surface area contributed by atoms with Gasteiger partial charge in [-0.05, 0) is 64.5 Å². The lowest BCUT2D eigenvalue weighted by atomic mass is 10.1. The van der Waals surface area contributed by atoms with Gasteiger partial charge >= 0.3 is 11.9 Å². The number of amides is 2. The molecule has 2 unspecified atom stereocenters. The second kappa shape index (κ2) is 27.0. The predicted molar refractivity (Wildman–Crippen MR) is 215 cm³/mol. The molecule has 0 aliphatic rings. The van der Waals surface area contributed by atoms with Gasteiger partial charge in [-0.3, -0.25) is 9.59 Å². The Kier molecular flexibility index (Phi) is 24.7. The molecule has 0 radical (unpaired) electrons. The topological polar surface area (TPSA) is 158 Å². The van der Waals surface area contributed by atoms with Crippen molar-refractivity contribution >= 4 is 35.9 Å². The molecule has 2 rings (SSSR count). The molecule has 13 nitrogen and oxygen atoms in total. The quantitative estimate of drug-likeness (QED) is 0.0441. The Labute approximate surface area is 325 Å². The number of aliphatic hydroxyl groups excluding tert-OH is 1. The Balaban J connectivity index is 0. The van der Waals surface area contributed by atoms with E-state index in [1.54, 1.807) is 57.2 Å². The molecule has 13 heteroatoms. The Morgan fingerprint density at radius 1 is 0.727 bits per heavy atom. The van der Waals surface area contributed by atoms with Gasteiger partial charge in [0.1, 0.15) is 23.4 Å². The number of ether oxygens (including phenoxy) is 4. The molecule has 2 aromatic carbocycles. The Morgan fingerprint density at radius 2 is 1.11 bits per heavy atom. The van der Waals surface area contributed by atoms with Gasteiger partial charge < -0.3 is 34.7 Å². The highest BCUT2D eigenvalue weighted by atomic mass is 16.6. The Morgan fingerprint density at radius 3 is 1.44 bits per heavy atom. The zero-order chi connectivity index (χ0) is 41.4. The van der Waals surface area contributed by atoms with Gasteiger partial charge in [0.15, 0.2) is 0 Å². The molecule has 0 bridgehead atoms. The Bertz CT molecular complexity index is 1820. The van der Waals surface area contributed by atoms with Crippen LogP contribution in [-0.2, 0) is 28.7 Å². The van der Waals surface area contributed by atoms with E-state index in [1.807, 2.05) is 12.1 Å². The first-order chi connectivity index (χ1) is 25.4. The van der Waals surface area contributed by atoms with Crippen LogP contribution in [0.2, 0.25) is 0 Å². The van der Waals surface area contributed by atoms with Gasteiger partial charge in [-0.25, -0.2) is 19.3 Å². The van der Waals surface area contributed by atoms with Crippen molar-refractivity contribution in [1.82, 2.24) is 10.6 Å². The summed E-state index contributed by atoms with van der Waals surface area (Å²) in [5.74, 6) is -0.732. The van der Waals surface area contributed by atoms with Crippen LogP contribution in [0.25, 0.3) is 21.8 Å². The molecule has 0 saturated carbocycles. The SMILES string of the molecule is C.C=C(C)C(=O)OC(=O)C(=C)C.[C-]#[N+]/C(=C\c1ccccc1OC)C(=O)NCC(C)O.[C-]#[N+]/C(=C\c1ccccc1OC)C(=O)NCC(C)OC(=C)C(=C)C. The van der Waals surface area contributed by atoms with E-state index >= 15 is 0 Å². The van der Waals surface area contributed by atoms with Gasteiger partial charge in [0.25, 0.3) is 11.4 Å². The van der Waals surface area contributed by atoms with Gasteiger partial charge in [-0.2, -0.15) is 0 Å². The smallest absolute Gasteiger partial charge is 0.340 e. The standard InChI is InChI=1S/C19H22N2O3.C14H16N2O3.C8H10O3.CH4/c1-13(2)15(4)24-14(3)12-21-19(22)17(20-5)11-16-9-7-8-10-18(16)23-6;1-10(17)9-16-14(18)12(15-2)8-11-6-4-5-7-13(11)19-3;1-5(2)7(9)11-8(10)6(3)4;/h7-11,14H,1,4,12H2,2-3,6H3,(H,21,22);4-8,10,17H,9H2,1,3H3,(H,16,18);1,3H2,2,4H3;1H4/b17-11-;12-8-;;. The summed E-state index contributed by atoms with van der Waals surface area (Å²) in [6.45, 7) is 36.8. The number of aliphatic hydroxyl groups is 1. The van der Waals surface area contributed by atoms with Crippen molar-refractivity contribution in [3.63, 3.8) is 0 Å². The van der Waals surface area contributed by atoms with E-state index in [0.29, 0.717) is 28.4 Å². The number of nitrogens with one attached hydrogen (secondary N) is 2. The molecular formula is C42H52N4O9. The zero-order valence-corrected chi connectivity index (χ0v) is 31.8. The van der Waals surface area contributed by atoms with E-state index in [1.165, 1.54) is 40.2 Å². The van der Waals surface area contributed by atoms with Gasteiger partial charge in [0.05, 0.1) is 40.0 Å². The van der Waals surface area contributed by atoms with Crippen LogP contribution in [0.3, 0.4) is 0 Å². The summed E-state index contributed by atoms with van der Waals surface area (Å²) in [5, 5.41) is 14.3. The minimum atomic E-state index is -0.710. The van der Waals surface area contributed by atoms with Gasteiger partial charge in [0.2, 0.25) is 11.8 Å². The summed E-state index contributed by atoms with van der Waals surface area (Å²) in [5.41, 5.74) is 2.37. The lowest BCUT2D eigenvalue weighted by molar-refractivity contribution is -0.154. The van der Waals surface area contributed by atoms with E-state index in [9.17, 15) is 19.2 Å². The van der Waals surface area contributed by atoms with E-state index in [2.05, 4.69) is 51.4 Å². The minimum Gasteiger partial charge on any atom is -0.496 e. The lowest BCUT2D eigenvalue weighted by Gasteiger charge is -2.17. The van der Waals surface area contributed by atoms with E-state index < -0.39 is 29.9 Å². The maximum atomic E-state index is 12.2. The lowest BCUT2D eigenvalue weighted by Crippen LogP contribution is -2.32. The highest BCUT2D eigenvalue weighted by Gasteiger charge is 2.14. The molecular weight excluding hydrogens is 704 g/mol. The number of hydrogen-bond acceptors (Lipinski definition) is 9. The highest BCUT2D eigenvalue weighted by molar-refractivity contribution is 6.01. The zero-order valence-electron chi connectivity index (χ0n) is 31.8. The monoisotopic (exact) mass is 756 g/mol. The van der Waals surface area contributed by atoms with Crippen molar-refractivity contribution in [3.05, 3.63) is 143 Å². The van der Waals surface area contributed by atoms with Crippen LogP contribution < -0.4 is 20.1 Å². The van der Waals surface area contributed by atoms with Crippen LogP contribution in [0, 0.1) is 13.1 Å². The van der Waals surface area contributed by atoms with Crippen molar-refractivity contribution < 1.29 is 43.2 Å². The van der Waals surface area contributed by atoms with Crippen molar-refractivity contribution in [2.24, 2.45) is 0 Å². The van der Waals surface area contributed by atoms with Gasteiger partial charge in [0, 0.05) is 28.8 Å². The number of methoxy groups -OCH3 is 2. The number of carbonyl (C=O) groups is 4. The average molecular weight is 757 g/mol. The maximum absolute atomic E-state index is 12.2. The summed E-state index contributed by atoms with van der Waals surface area (Å²) in [6, 6.07) is 14.3. The van der Waals surface area contributed by atoms with Crippen LogP contribution in [-0.4, -0.2) is 68.4 Å².